The topological polar surface area (TPSA) is 30.5 Å². The Morgan fingerprint density at radius 2 is 2.38 bits per heavy atom. The van der Waals surface area contributed by atoms with Gasteiger partial charge in [-0.2, -0.15) is 0 Å². The first kappa shape index (κ1) is 13.9. The molecule has 0 aromatic heterocycles. The quantitative estimate of drug-likeness (QED) is 0.615. The summed E-state index contributed by atoms with van der Waals surface area (Å²) in [5.74, 6) is 0.781. The first-order valence-electron chi connectivity index (χ1n) is 6.73. The van der Waals surface area contributed by atoms with Crippen molar-refractivity contribution >= 4 is 0 Å². The lowest BCUT2D eigenvalue weighted by Gasteiger charge is -2.13. The molecule has 16 heavy (non-hydrogen) atoms. The van der Waals surface area contributed by atoms with Gasteiger partial charge in [0.05, 0.1) is 19.3 Å². The highest BCUT2D eigenvalue weighted by atomic mass is 16.5. The smallest absolute Gasteiger partial charge is 0.0809 e. The van der Waals surface area contributed by atoms with Crippen molar-refractivity contribution in [2.24, 2.45) is 5.92 Å². The summed E-state index contributed by atoms with van der Waals surface area (Å²) in [4.78, 5) is 0. The van der Waals surface area contributed by atoms with E-state index in [1.807, 2.05) is 0 Å². The van der Waals surface area contributed by atoms with E-state index < -0.39 is 0 Å². The van der Waals surface area contributed by atoms with Crippen molar-refractivity contribution in [3.63, 3.8) is 0 Å². The summed E-state index contributed by atoms with van der Waals surface area (Å²) in [5.41, 5.74) is 0. The third kappa shape index (κ3) is 6.46. The number of ether oxygens (including phenoxy) is 2. The Kier molecular flexibility index (Phi) is 7.81. The van der Waals surface area contributed by atoms with Crippen LogP contribution in [-0.4, -0.2) is 39.0 Å². The number of rotatable bonds is 9. The molecule has 1 N–H and O–H groups in total. The Morgan fingerprint density at radius 3 is 3.06 bits per heavy atom. The molecule has 1 heterocycles. The van der Waals surface area contributed by atoms with Gasteiger partial charge in [0.15, 0.2) is 0 Å². The van der Waals surface area contributed by atoms with E-state index in [1.54, 1.807) is 0 Å². The third-order valence-electron chi connectivity index (χ3n) is 3.03. The summed E-state index contributed by atoms with van der Waals surface area (Å²) in [7, 11) is 0. The van der Waals surface area contributed by atoms with E-state index in [-0.39, 0.29) is 0 Å². The zero-order valence-electron chi connectivity index (χ0n) is 10.8. The fourth-order valence-corrected chi connectivity index (χ4v) is 2.08. The second-order valence-corrected chi connectivity index (χ2v) is 4.81. The van der Waals surface area contributed by atoms with E-state index in [2.05, 4.69) is 19.2 Å². The molecule has 2 atom stereocenters. The third-order valence-corrected chi connectivity index (χ3v) is 3.03. The number of nitrogens with one attached hydrogen (secondary N) is 1. The summed E-state index contributed by atoms with van der Waals surface area (Å²) >= 11 is 0. The van der Waals surface area contributed by atoms with Crippen LogP contribution in [0, 0.1) is 5.92 Å². The molecule has 1 fully saturated rings. The number of hydrogen-bond acceptors (Lipinski definition) is 3. The second kappa shape index (κ2) is 8.97. The normalized spacial score (nSPS) is 22.5. The molecule has 1 aliphatic rings. The highest BCUT2D eigenvalue weighted by Crippen LogP contribution is 2.11. The fourth-order valence-electron chi connectivity index (χ4n) is 2.08. The maximum atomic E-state index is 5.57. The molecule has 0 aromatic carbocycles. The Morgan fingerprint density at radius 1 is 1.50 bits per heavy atom. The van der Waals surface area contributed by atoms with Crippen molar-refractivity contribution in [1.82, 2.24) is 5.32 Å². The second-order valence-electron chi connectivity index (χ2n) is 4.81. The maximum Gasteiger partial charge on any atom is 0.0809 e. The molecule has 0 saturated carbocycles. The van der Waals surface area contributed by atoms with Crippen LogP contribution in [0.1, 0.15) is 39.5 Å². The summed E-state index contributed by atoms with van der Waals surface area (Å²) in [5, 5.41) is 3.43. The van der Waals surface area contributed by atoms with Crippen LogP contribution in [0.25, 0.3) is 0 Å². The van der Waals surface area contributed by atoms with Gasteiger partial charge >= 0.3 is 0 Å². The summed E-state index contributed by atoms with van der Waals surface area (Å²) in [6, 6.07) is 0. The molecule has 1 saturated heterocycles. The Bertz CT molecular complexity index is 158. The Balaban J connectivity index is 1.80. The number of hydrogen-bond donors (Lipinski definition) is 1. The van der Waals surface area contributed by atoms with E-state index in [0.717, 1.165) is 38.8 Å². The van der Waals surface area contributed by atoms with Gasteiger partial charge in [-0.1, -0.05) is 20.3 Å². The van der Waals surface area contributed by atoms with Crippen LogP contribution in [0.5, 0.6) is 0 Å². The lowest BCUT2D eigenvalue weighted by Crippen LogP contribution is -2.26. The molecule has 2 unspecified atom stereocenters. The van der Waals surface area contributed by atoms with Gasteiger partial charge in [-0.25, -0.2) is 0 Å². The first-order chi connectivity index (χ1) is 7.83. The monoisotopic (exact) mass is 229 g/mol. The van der Waals surface area contributed by atoms with Gasteiger partial charge in [0.1, 0.15) is 0 Å². The molecule has 1 aliphatic heterocycles. The lowest BCUT2D eigenvalue weighted by atomic mass is 10.1. The summed E-state index contributed by atoms with van der Waals surface area (Å²) in [6.07, 6.45) is 5.31. The lowest BCUT2D eigenvalue weighted by molar-refractivity contribution is 0.0182. The first-order valence-corrected chi connectivity index (χ1v) is 6.73. The molecule has 0 aliphatic carbocycles. The van der Waals surface area contributed by atoms with Gasteiger partial charge < -0.3 is 14.8 Å². The molecule has 0 aromatic rings. The minimum absolute atomic E-state index is 0.360. The molecular formula is C13H27NO2. The van der Waals surface area contributed by atoms with Gasteiger partial charge in [-0.05, 0) is 31.7 Å². The van der Waals surface area contributed by atoms with Crippen LogP contribution >= 0.6 is 0 Å². The van der Waals surface area contributed by atoms with Crippen LogP contribution in [0.2, 0.25) is 0 Å². The van der Waals surface area contributed by atoms with Gasteiger partial charge in [0.2, 0.25) is 0 Å². The van der Waals surface area contributed by atoms with Crippen LogP contribution < -0.4 is 5.32 Å². The maximum absolute atomic E-state index is 5.57. The van der Waals surface area contributed by atoms with Gasteiger partial charge in [-0.15, -0.1) is 0 Å². The molecule has 0 amide bonds. The summed E-state index contributed by atoms with van der Waals surface area (Å²) < 4.78 is 11.1. The fraction of sp³-hybridized carbons (Fsp3) is 1.00. The van der Waals surface area contributed by atoms with E-state index in [1.165, 1.54) is 25.7 Å². The molecule has 0 bridgehead atoms. The zero-order valence-corrected chi connectivity index (χ0v) is 10.8. The van der Waals surface area contributed by atoms with E-state index in [9.17, 15) is 0 Å². The van der Waals surface area contributed by atoms with Crippen LogP contribution in [0.15, 0.2) is 0 Å². The van der Waals surface area contributed by atoms with E-state index >= 15 is 0 Å². The van der Waals surface area contributed by atoms with Crippen molar-refractivity contribution in [3.8, 4) is 0 Å². The minimum atomic E-state index is 0.360. The van der Waals surface area contributed by atoms with Gasteiger partial charge in [0, 0.05) is 13.2 Å². The van der Waals surface area contributed by atoms with Crippen molar-refractivity contribution in [3.05, 3.63) is 0 Å². The highest BCUT2D eigenvalue weighted by molar-refractivity contribution is 4.63. The molecule has 0 radical (unpaired) electrons. The molecule has 3 heteroatoms. The van der Waals surface area contributed by atoms with Crippen molar-refractivity contribution in [1.29, 1.82) is 0 Å². The van der Waals surface area contributed by atoms with Crippen molar-refractivity contribution in [2.45, 2.75) is 45.6 Å². The molecule has 0 spiro atoms. The largest absolute Gasteiger partial charge is 0.377 e. The van der Waals surface area contributed by atoms with Crippen molar-refractivity contribution < 1.29 is 9.47 Å². The molecule has 1 rings (SSSR count). The molecular weight excluding hydrogens is 202 g/mol. The SMILES string of the molecule is CCCC(C)CNCCOCC1CCCO1. The predicted molar refractivity (Wildman–Crippen MR) is 66.7 cm³/mol. The highest BCUT2D eigenvalue weighted by Gasteiger charge is 2.14. The Hall–Kier alpha value is -0.120. The van der Waals surface area contributed by atoms with Crippen LogP contribution in [0.3, 0.4) is 0 Å². The predicted octanol–water partition coefficient (Wildman–Crippen LogP) is 2.21. The van der Waals surface area contributed by atoms with Crippen LogP contribution in [-0.2, 0) is 9.47 Å². The van der Waals surface area contributed by atoms with E-state index in [4.69, 9.17) is 9.47 Å². The van der Waals surface area contributed by atoms with E-state index in [0.29, 0.717) is 6.10 Å². The average molecular weight is 229 g/mol. The van der Waals surface area contributed by atoms with Gasteiger partial charge in [-0.3, -0.25) is 0 Å². The van der Waals surface area contributed by atoms with Crippen molar-refractivity contribution in [2.75, 3.05) is 32.9 Å². The van der Waals surface area contributed by atoms with Gasteiger partial charge in [0.25, 0.3) is 0 Å². The standard InChI is InChI=1S/C13H27NO2/c1-3-5-12(2)10-14-7-9-15-11-13-6-4-8-16-13/h12-14H,3-11H2,1-2H3. The molecule has 96 valence electrons. The minimum Gasteiger partial charge on any atom is -0.377 e. The van der Waals surface area contributed by atoms with Crippen LogP contribution in [0.4, 0.5) is 0 Å². The zero-order chi connectivity index (χ0) is 11.6. The summed E-state index contributed by atoms with van der Waals surface area (Å²) in [6.45, 7) is 9.09. The Labute approximate surface area is 99.9 Å². The average Bonchev–Trinajstić information content (AvgIpc) is 2.76. The molecule has 3 nitrogen and oxygen atoms in total.